The molecule has 1 fully saturated rings. The summed E-state index contributed by atoms with van der Waals surface area (Å²) in [5, 5.41) is 13.2. The van der Waals surface area contributed by atoms with Gasteiger partial charge in [-0.1, -0.05) is 19.3 Å². The van der Waals surface area contributed by atoms with E-state index < -0.39 is 0 Å². The predicted molar refractivity (Wildman–Crippen MR) is 83.1 cm³/mol. The van der Waals surface area contributed by atoms with Crippen molar-refractivity contribution in [1.29, 1.82) is 0 Å². The SMILES string of the molecule is CCOc1cc(NCC2(CO)CCCCC2)ccc1N. The van der Waals surface area contributed by atoms with Crippen LogP contribution < -0.4 is 15.8 Å². The van der Waals surface area contributed by atoms with E-state index in [0.717, 1.165) is 30.8 Å². The summed E-state index contributed by atoms with van der Waals surface area (Å²) in [7, 11) is 0. The number of rotatable bonds is 6. The third kappa shape index (κ3) is 3.57. The molecule has 1 aliphatic carbocycles. The van der Waals surface area contributed by atoms with Gasteiger partial charge in [-0.2, -0.15) is 0 Å². The number of anilines is 2. The Morgan fingerprint density at radius 3 is 2.70 bits per heavy atom. The van der Waals surface area contributed by atoms with Crippen molar-refractivity contribution >= 4 is 11.4 Å². The van der Waals surface area contributed by atoms with Crippen LogP contribution in [0.15, 0.2) is 18.2 Å². The second kappa shape index (κ2) is 6.84. The maximum absolute atomic E-state index is 9.72. The fraction of sp³-hybridized carbons (Fsp3) is 0.625. The van der Waals surface area contributed by atoms with Crippen LogP contribution in [-0.4, -0.2) is 24.9 Å². The van der Waals surface area contributed by atoms with Crippen molar-refractivity contribution in [2.75, 3.05) is 30.8 Å². The van der Waals surface area contributed by atoms with Crippen LogP contribution in [0.25, 0.3) is 0 Å². The van der Waals surface area contributed by atoms with Gasteiger partial charge in [0.2, 0.25) is 0 Å². The predicted octanol–water partition coefficient (Wildman–Crippen LogP) is 3.02. The maximum Gasteiger partial charge on any atom is 0.144 e. The Kier molecular flexibility index (Phi) is 5.12. The second-order valence-corrected chi connectivity index (χ2v) is 5.76. The molecule has 1 aliphatic rings. The van der Waals surface area contributed by atoms with Gasteiger partial charge in [-0.15, -0.1) is 0 Å². The van der Waals surface area contributed by atoms with Crippen molar-refractivity contribution in [3.8, 4) is 5.75 Å². The summed E-state index contributed by atoms with van der Waals surface area (Å²) in [5.74, 6) is 0.721. The van der Waals surface area contributed by atoms with Gasteiger partial charge in [0.05, 0.1) is 18.9 Å². The van der Waals surface area contributed by atoms with Crippen molar-refractivity contribution in [2.45, 2.75) is 39.0 Å². The van der Waals surface area contributed by atoms with Crippen LogP contribution in [0.1, 0.15) is 39.0 Å². The lowest BCUT2D eigenvalue weighted by molar-refractivity contribution is 0.0944. The Hall–Kier alpha value is -1.42. The Labute approximate surface area is 121 Å². The van der Waals surface area contributed by atoms with E-state index in [1.54, 1.807) is 0 Å². The third-order valence-corrected chi connectivity index (χ3v) is 4.23. The lowest BCUT2D eigenvalue weighted by Gasteiger charge is -2.36. The Balaban J connectivity index is 2.00. The molecule has 0 heterocycles. The summed E-state index contributed by atoms with van der Waals surface area (Å²) in [6.45, 7) is 3.61. The van der Waals surface area contributed by atoms with E-state index in [9.17, 15) is 5.11 Å². The van der Waals surface area contributed by atoms with Gasteiger partial charge < -0.3 is 20.9 Å². The van der Waals surface area contributed by atoms with Gasteiger partial charge >= 0.3 is 0 Å². The van der Waals surface area contributed by atoms with Crippen molar-refractivity contribution < 1.29 is 9.84 Å². The van der Waals surface area contributed by atoms with Crippen LogP contribution in [0.5, 0.6) is 5.75 Å². The molecule has 4 heteroatoms. The van der Waals surface area contributed by atoms with Gasteiger partial charge in [0, 0.05) is 23.7 Å². The molecule has 0 spiro atoms. The van der Waals surface area contributed by atoms with E-state index in [0.29, 0.717) is 12.3 Å². The normalized spacial score (nSPS) is 17.7. The highest BCUT2D eigenvalue weighted by Crippen LogP contribution is 2.36. The molecule has 0 radical (unpaired) electrons. The fourth-order valence-corrected chi connectivity index (χ4v) is 2.91. The zero-order valence-electron chi connectivity index (χ0n) is 12.3. The molecule has 0 amide bonds. The summed E-state index contributed by atoms with van der Waals surface area (Å²) < 4.78 is 5.51. The number of ether oxygens (including phenoxy) is 1. The van der Waals surface area contributed by atoms with Crippen molar-refractivity contribution in [3.05, 3.63) is 18.2 Å². The molecule has 4 nitrogen and oxygen atoms in total. The molecule has 0 bridgehead atoms. The first-order valence-corrected chi connectivity index (χ1v) is 7.56. The van der Waals surface area contributed by atoms with Crippen molar-refractivity contribution in [2.24, 2.45) is 5.41 Å². The number of benzene rings is 1. The smallest absolute Gasteiger partial charge is 0.144 e. The van der Waals surface area contributed by atoms with E-state index in [1.165, 1.54) is 19.3 Å². The van der Waals surface area contributed by atoms with Crippen LogP contribution in [0, 0.1) is 5.41 Å². The summed E-state index contributed by atoms with van der Waals surface area (Å²) in [4.78, 5) is 0. The molecular formula is C16H26N2O2. The first-order valence-electron chi connectivity index (χ1n) is 7.56. The zero-order valence-corrected chi connectivity index (χ0v) is 12.3. The lowest BCUT2D eigenvalue weighted by atomic mass is 9.74. The van der Waals surface area contributed by atoms with E-state index in [-0.39, 0.29) is 12.0 Å². The van der Waals surface area contributed by atoms with Gasteiger partial charge in [0.25, 0.3) is 0 Å². The van der Waals surface area contributed by atoms with Gasteiger partial charge in [0.15, 0.2) is 0 Å². The lowest BCUT2D eigenvalue weighted by Crippen LogP contribution is -2.35. The molecule has 1 aromatic carbocycles. The molecule has 0 aliphatic heterocycles. The van der Waals surface area contributed by atoms with Gasteiger partial charge in [-0.05, 0) is 31.9 Å². The zero-order chi connectivity index (χ0) is 14.4. The molecule has 4 N–H and O–H groups in total. The average Bonchev–Trinajstić information content (AvgIpc) is 2.49. The Bertz CT molecular complexity index is 428. The van der Waals surface area contributed by atoms with E-state index in [2.05, 4.69) is 5.32 Å². The van der Waals surface area contributed by atoms with Crippen molar-refractivity contribution in [1.82, 2.24) is 0 Å². The van der Waals surface area contributed by atoms with Gasteiger partial charge in [0.1, 0.15) is 5.75 Å². The molecule has 0 atom stereocenters. The van der Waals surface area contributed by atoms with Gasteiger partial charge in [-0.3, -0.25) is 0 Å². The van der Waals surface area contributed by atoms with Crippen LogP contribution in [0.4, 0.5) is 11.4 Å². The number of aliphatic hydroxyl groups is 1. The summed E-state index contributed by atoms with van der Waals surface area (Å²) >= 11 is 0. The minimum atomic E-state index is 0.0331. The quantitative estimate of drug-likeness (QED) is 0.700. The van der Waals surface area contributed by atoms with Crippen LogP contribution >= 0.6 is 0 Å². The molecule has 0 saturated heterocycles. The first kappa shape index (κ1) is 15.0. The molecular weight excluding hydrogens is 252 g/mol. The number of hydrogen-bond acceptors (Lipinski definition) is 4. The Morgan fingerprint density at radius 1 is 1.30 bits per heavy atom. The monoisotopic (exact) mass is 278 g/mol. The van der Waals surface area contributed by atoms with E-state index in [1.807, 2.05) is 25.1 Å². The van der Waals surface area contributed by atoms with Crippen LogP contribution in [-0.2, 0) is 0 Å². The summed E-state index contributed by atoms with van der Waals surface area (Å²) in [6, 6.07) is 5.76. The van der Waals surface area contributed by atoms with E-state index >= 15 is 0 Å². The number of aliphatic hydroxyl groups excluding tert-OH is 1. The molecule has 1 aromatic rings. The molecule has 20 heavy (non-hydrogen) atoms. The van der Waals surface area contributed by atoms with E-state index in [4.69, 9.17) is 10.5 Å². The molecule has 1 saturated carbocycles. The number of nitrogens with one attached hydrogen (secondary N) is 1. The number of nitrogens with two attached hydrogens (primary N) is 1. The molecule has 0 aromatic heterocycles. The minimum absolute atomic E-state index is 0.0331. The number of hydrogen-bond donors (Lipinski definition) is 3. The highest BCUT2D eigenvalue weighted by molar-refractivity contribution is 5.61. The summed E-state index contributed by atoms with van der Waals surface area (Å²) in [6.07, 6.45) is 5.92. The van der Waals surface area contributed by atoms with Crippen LogP contribution in [0.2, 0.25) is 0 Å². The molecule has 112 valence electrons. The second-order valence-electron chi connectivity index (χ2n) is 5.76. The molecule has 0 unspecified atom stereocenters. The summed E-state index contributed by atoms with van der Waals surface area (Å²) in [5.41, 5.74) is 7.57. The Morgan fingerprint density at radius 2 is 2.05 bits per heavy atom. The average molecular weight is 278 g/mol. The standard InChI is InChI=1S/C16H26N2O2/c1-2-20-15-10-13(6-7-14(15)17)18-11-16(12-19)8-4-3-5-9-16/h6-7,10,18-19H,2-5,8-9,11-12,17H2,1H3. The first-order chi connectivity index (χ1) is 9.69. The topological polar surface area (TPSA) is 67.5 Å². The minimum Gasteiger partial charge on any atom is -0.492 e. The number of nitrogen functional groups attached to an aromatic ring is 1. The maximum atomic E-state index is 9.72. The fourth-order valence-electron chi connectivity index (χ4n) is 2.91. The van der Waals surface area contributed by atoms with Crippen LogP contribution in [0.3, 0.4) is 0 Å². The third-order valence-electron chi connectivity index (χ3n) is 4.23. The van der Waals surface area contributed by atoms with Crippen molar-refractivity contribution in [3.63, 3.8) is 0 Å². The van der Waals surface area contributed by atoms with Gasteiger partial charge in [-0.25, -0.2) is 0 Å². The highest BCUT2D eigenvalue weighted by atomic mass is 16.5. The largest absolute Gasteiger partial charge is 0.492 e. The highest BCUT2D eigenvalue weighted by Gasteiger charge is 2.31. The molecule has 2 rings (SSSR count).